The highest BCUT2D eigenvalue weighted by molar-refractivity contribution is 5.81. The number of nitrogens with zero attached hydrogens (tertiary/aromatic N) is 2. The van der Waals surface area contributed by atoms with E-state index in [0.29, 0.717) is 0 Å². The van der Waals surface area contributed by atoms with E-state index in [4.69, 9.17) is 0 Å². The van der Waals surface area contributed by atoms with E-state index < -0.39 is 0 Å². The highest BCUT2D eigenvalue weighted by Gasteiger charge is 2.27. The van der Waals surface area contributed by atoms with Gasteiger partial charge in [0.05, 0.1) is 0 Å². The molecule has 0 saturated carbocycles. The van der Waals surface area contributed by atoms with Crippen molar-refractivity contribution in [1.82, 2.24) is 15.5 Å². The number of carbonyl (C=O) groups excluding carboxylic acids is 1. The van der Waals surface area contributed by atoms with Crippen molar-refractivity contribution < 1.29 is 4.79 Å². The molecule has 1 heterocycles. The summed E-state index contributed by atoms with van der Waals surface area (Å²) in [4.78, 5) is 18.4. The number of benzene rings is 1. The van der Waals surface area contributed by atoms with Crippen molar-refractivity contribution in [3.8, 4) is 0 Å². The van der Waals surface area contributed by atoms with E-state index in [0.717, 1.165) is 38.4 Å². The lowest BCUT2D eigenvalue weighted by Gasteiger charge is -2.20. The summed E-state index contributed by atoms with van der Waals surface area (Å²) in [5.74, 6) is 1.12. The Balaban J connectivity index is 1.83. The van der Waals surface area contributed by atoms with Crippen LogP contribution >= 0.6 is 0 Å². The molecule has 1 fully saturated rings. The van der Waals surface area contributed by atoms with Gasteiger partial charge in [0.2, 0.25) is 5.91 Å². The first kappa shape index (κ1) is 20.3. The average Bonchev–Trinajstić information content (AvgIpc) is 3.03. The van der Waals surface area contributed by atoms with Crippen molar-refractivity contribution in [3.63, 3.8) is 0 Å². The quantitative estimate of drug-likeness (QED) is 0.628. The number of likely N-dealkylation sites (tertiary alicyclic amines) is 1. The first-order valence-corrected chi connectivity index (χ1v) is 9.64. The van der Waals surface area contributed by atoms with Crippen LogP contribution in [0.15, 0.2) is 17.1 Å². The third kappa shape index (κ3) is 5.23. The van der Waals surface area contributed by atoms with Crippen molar-refractivity contribution >= 4 is 11.9 Å². The second-order valence-corrected chi connectivity index (χ2v) is 7.70. The third-order valence-corrected chi connectivity index (χ3v) is 5.07. The molecule has 1 aliphatic rings. The number of aliphatic imine (C=N–C) groups is 1. The Kier molecular flexibility index (Phi) is 7.06. The van der Waals surface area contributed by atoms with Crippen LogP contribution in [0.3, 0.4) is 0 Å². The topological polar surface area (TPSA) is 56.7 Å². The van der Waals surface area contributed by atoms with E-state index in [9.17, 15) is 4.79 Å². The standard InChI is InChI=1S/C21H34N4O/c1-14(2)20(26)25-10-8-18(13-25)24-21(22-6)23-9-7-19-16(4)11-15(3)12-17(19)5/h11-12,14,18H,7-10,13H2,1-6H3,(H2,22,23,24). The molecule has 26 heavy (non-hydrogen) atoms. The second kappa shape index (κ2) is 9.06. The molecule has 5 nitrogen and oxygen atoms in total. The molecular weight excluding hydrogens is 324 g/mol. The van der Waals surface area contributed by atoms with Gasteiger partial charge in [-0.3, -0.25) is 9.79 Å². The molecule has 1 aromatic carbocycles. The van der Waals surface area contributed by atoms with Crippen molar-refractivity contribution in [2.24, 2.45) is 10.9 Å². The van der Waals surface area contributed by atoms with E-state index in [1.54, 1.807) is 7.05 Å². The fourth-order valence-electron chi connectivity index (χ4n) is 3.74. The van der Waals surface area contributed by atoms with Gasteiger partial charge in [-0.15, -0.1) is 0 Å². The molecule has 144 valence electrons. The highest BCUT2D eigenvalue weighted by atomic mass is 16.2. The summed E-state index contributed by atoms with van der Waals surface area (Å²) >= 11 is 0. The van der Waals surface area contributed by atoms with Gasteiger partial charge in [-0.1, -0.05) is 31.5 Å². The van der Waals surface area contributed by atoms with Gasteiger partial charge in [0, 0.05) is 38.6 Å². The van der Waals surface area contributed by atoms with Crippen LogP contribution in [0.25, 0.3) is 0 Å². The van der Waals surface area contributed by atoms with Crippen molar-refractivity contribution in [1.29, 1.82) is 0 Å². The number of hydrogen-bond donors (Lipinski definition) is 2. The van der Waals surface area contributed by atoms with Gasteiger partial charge in [-0.05, 0) is 50.3 Å². The van der Waals surface area contributed by atoms with E-state index in [1.165, 1.54) is 22.3 Å². The van der Waals surface area contributed by atoms with E-state index >= 15 is 0 Å². The molecule has 1 unspecified atom stereocenters. The molecule has 2 rings (SSSR count). The van der Waals surface area contributed by atoms with E-state index in [2.05, 4.69) is 48.5 Å². The van der Waals surface area contributed by atoms with E-state index in [-0.39, 0.29) is 17.9 Å². The Hall–Kier alpha value is -2.04. The summed E-state index contributed by atoms with van der Waals surface area (Å²) in [6.45, 7) is 12.8. The molecule has 0 radical (unpaired) electrons. The Morgan fingerprint density at radius 2 is 1.92 bits per heavy atom. The maximum Gasteiger partial charge on any atom is 0.225 e. The van der Waals surface area contributed by atoms with Gasteiger partial charge < -0.3 is 15.5 Å². The van der Waals surface area contributed by atoms with Crippen LogP contribution in [-0.4, -0.2) is 49.5 Å². The minimum Gasteiger partial charge on any atom is -0.356 e. The molecule has 5 heteroatoms. The number of aryl methyl sites for hydroxylation is 3. The summed E-state index contributed by atoms with van der Waals surface area (Å²) in [6.07, 6.45) is 1.94. The van der Waals surface area contributed by atoms with Crippen molar-refractivity contribution in [2.45, 2.75) is 53.5 Å². The van der Waals surface area contributed by atoms with Crippen molar-refractivity contribution in [3.05, 3.63) is 34.4 Å². The van der Waals surface area contributed by atoms with Crippen LogP contribution in [-0.2, 0) is 11.2 Å². The summed E-state index contributed by atoms with van der Waals surface area (Å²) in [7, 11) is 1.80. The Labute approximate surface area is 158 Å². The molecule has 1 atom stereocenters. The van der Waals surface area contributed by atoms with Gasteiger partial charge in [0.15, 0.2) is 5.96 Å². The highest BCUT2D eigenvalue weighted by Crippen LogP contribution is 2.16. The lowest BCUT2D eigenvalue weighted by Crippen LogP contribution is -2.45. The molecule has 0 spiro atoms. The average molecular weight is 359 g/mol. The SMILES string of the molecule is CN=C(NCCc1c(C)cc(C)cc1C)NC1CCN(C(=O)C(C)C)C1. The smallest absolute Gasteiger partial charge is 0.225 e. The minimum atomic E-state index is 0.0622. The van der Waals surface area contributed by atoms with Gasteiger partial charge in [0.1, 0.15) is 0 Å². The number of nitrogens with one attached hydrogen (secondary N) is 2. The Morgan fingerprint density at radius 1 is 1.27 bits per heavy atom. The monoisotopic (exact) mass is 358 g/mol. The van der Waals surface area contributed by atoms with Gasteiger partial charge in [-0.2, -0.15) is 0 Å². The number of guanidine groups is 1. The van der Waals surface area contributed by atoms with Crippen LogP contribution < -0.4 is 10.6 Å². The summed E-state index contributed by atoms with van der Waals surface area (Å²) in [6, 6.07) is 4.76. The number of rotatable bonds is 5. The van der Waals surface area contributed by atoms with Gasteiger partial charge in [-0.25, -0.2) is 0 Å². The minimum absolute atomic E-state index is 0.0622. The van der Waals surface area contributed by atoms with Crippen LogP contribution in [0.4, 0.5) is 0 Å². The number of amides is 1. The maximum atomic E-state index is 12.1. The molecule has 1 saturated heterocycles. The van der Waals surface area contributed by atoms with Crippen molar-refractivity contribution in [2.75, 3.05) is 26.7 Å². The maximum absolute atomic E-state index is 12.1. The van der Waals surface area contributed by atoms with Crippen LogP contribution in [0.1, 0.15) is 42.5 Å². The van der Waals surface area contributed by atoms with Crippen LogP contribution in [0.2, 0.25) is 0 Å². The Bertz CT molecular complexity index is 643. The molecule has 0 aromatic heterocycles. The fourth-order valence-corrected chi connectivity index (χ4v) is 3.74. The zero-order valence-corrected chi connectivity index (χ0v) is 17.1. The molecule has 1 aliphatic heterocycles. The van der Waals surface area contributed by atoms with Gasteiger partial charge in [0.25, 0.3) is 0 Å². The van der Waals surface area contributed by atoms with Gasteiger partial charge >= 0.3 is 0 Å². The molecular formula is C21H34N4O. The first-order valence-electron chi connectivity index (χ1n) is 9.64. The second-order valence-electron chi connectivity index (χ2n) is 7.70. The summed E-state index contributed by atoms with van der Waals surface area (Å²) in [5, 5.41) is 6.88. The molecule has 2 N–H and O–H groups in total. The van der Waals surface area contributed by atoms with Crippen LogP contribution in [0, 0.1) is 26.7 Å². The molecule has 1 aromatic rings. The third-order valence-electron chi connectivity index (χ3n) is 5.07. The van der Waals surface area contributed by atoms with Crippen LogP contribution in [0.5, 0.6) is 0 Å². The molecule has 0 aliphatic carbocycles. The zero-order valence-electron chi connectivity index (χ0n) is 17.1. The number of hydrogen-bond acceptors (Lipinski definition) is 2. The predicted octanol–water partition coefficient (Wildman–Crippen LogP) is 2.58. The zero-order chi connectivity index (χ0) is 19.3. The predicted molar refractivity (Wildman–Crippen MR) is 109 cm³/mol. The fraction of sp³-hybridized carbons (Fsp3) is 0.619. The first-order chi connectivity index (χ1) is 12.3. The Morgan fingerprint density at radius 3 is 2.50 bits per heavy atom. The summed E-state index contributed by atoms with van der Waals surface area (Å²) < 4.78 is 0. The summed E-state index contributed by atoms with van der Waals surface area (Å²) in [5.41, 5.74) is 5.43. The largest absolute Gasteiger partial charge is 0.356 e. The molecule has 0 bridgehead atoms. The van der Waals surface area contributed by atoms with E-state index in [1.807, 2.05) is 18.7 Å². The normalized spacial score (nSPS) is 17.7. The molecule has 1 amide bonds. The lowest BCUT2D eigenvalue weighted by atomic mass is 9.97. The lowest BCUT2D eigenvalue weighted by molar-refractivity contribution is -0.133. The number of carbonyl (C=O) groups is 1.